The van der Waals surface area contributed by atoms with Gasteiger partial charge in [-0.1, -0.05) is 20.3 Å². The zero-order valence-corrected chi connectivity index (χ0v) is 14.0. The SMILES string of the molecule is CCOC(=O)c1c(C(C)C)[nH]c2c(c1=O)C(=O)CC1(CCC1)C2. The highest BCUT2D eigenvalue weighted by molar-refractivity contribution is 6.01. The molecule has 2 aliphatic rings. The Balaban J connectivity index is 2.17. The first-order valence-corrected chi connectivity index (χ1v) is 8.38. The van der Waals surface area contributed by atoms with Gasteiger partial charge in [-0.25, -0.2) is 4.79 Å². The number of fused-ring (bicyclic) bond motifs is 1. The number of hydrogen-bond donors (Lipinski definition) is 1. The number of aromatic amines is 1. The zero-order chi connectivity index (χ0) is 16.8. The molecular formula is C18H23NO4. The van der Waals surface area contributed by atoms with Crippen LogP contribution in [0.15, 0.2) is 4.79 Å². The third-order valence-electron chi connectivity index (χ3n) is 5.15. The normalized spacial score (nSPS) is 18.7. The van der Waals surface area contributed by atoms with Crippen molar-refractivity contribution >= 4 is 11.8 Å². The Morgan fingerprint density at radius 1 is 1.26 bits per heavy atom. The van der Waals surface area contributed by atoms with Crippen molar-refractivity contribution in [2.45, 2.75) is 58.8 Å². The molecule has 0 aliphatic heterocycles. The molecule has 1 N–H and O–H groups in total. The lowest BCUT2D eigenvalue weighted by Crippen LogP contribution is -2.42. The number of Topliss-reactive ketones (excluding diaryl/α,β-unsaturated/α-hetero) is 1. The van der Waals surface area contributed by atoms with Gasteiger partial charge in [-0.2, -0.15) is 0 Å². The summed E-state index contributed by atoms with van der Waals surface area (Å²) in [6.45, 7) is 5.74. The molecule has 1 aromatic heterocycles. The largest absolute Gasteiger partial charge is 0.462 e. The van der Waals surface area contributed by atoms with E-state index in [2.05, 4.69) is 4.98 Å². The summed E-state index contributed by atoms with van der Waals surface area (Å²) in [7, 11) is 0. The highest BCUT2D eigenvalue weighted by Crippen LogP contribution is 2.49. The first kappa shape index (κ1) is 16.0. The second-order valence-corrected chi connectivity index (χ2v) is 7.10. The summed E-state index contributed by atoms with van der Waals surface area (Å²) in [5.41, 5.74) is 1.04. The van der Waals surface area contributed by atoms with Crippen molar-refractivity contribution in [3.63, 3.8) is 0 Å². The van der Waals surface area contributed by atoms with Gasteiger partial charge < -0.3 is 9.72 Å². The highest BCUT2D eigenvalue weighted by Gasteiger charge is 2.45. The van der Waals surface area contributed by atoms with Gasteiger partial charge in [-0.15, -0.1) is 0 Å². The van der Waals surface area contributed by atoms with Gasteiger partial charge >= 0.3 is 5.97 Å². The highest BCUT2D eigenvalue weighted by atomic mass is 16.5. The van der Waals surface area contributed by atoms with E-state index < -0.39 is 11.4 Å². The minimum Gasteiger partial charge on any atom is -0.462 e. The first-order valence-electron chi connectivity index (χ1n) is 8.38. The average molecular weight is 317 g/mol. The van der Waals surface area contributed by atoms with Crippen molar-refractivity contribution < 1.29 is 14.3 Å². The van der Waals surface area contributed by atoms with E-state index in [0.717, 1.165) is 25.7 Å². The van der Waals surface area contributed by atoms with Crippen LogP contribution in [0.2, 0.25) is 0 Å². The average Bonchev–Trinajstić information content (AvgIpc) is 2.44. The molecule has 5 heteroatoms. The van der Waals surface area contributed by atoms with Gasteiger partial charge in [0, 0.05) is 17.8 Å². The number of ketones is 1. The molecule has 3 rings (SSSR count). The lowest BCUT2D eigenvalue weighted by molar-refractivity contribution is 0.0522. The van der Waals surface area contributed by atoms with E-state index in [-0.39, 0.29) is 34.8 Å². The molecule has 0 radical (unpaired) electrons. The topological polar surface area (TPSA) is 76.2 Å². The number of H-pyrrole nitrogens is 1. The van der Waals surface area contributed by atoms with Crippen molar-refractivity contribution in [1.82, 2.24) is 4.98 Å². The van der Waals surface area contributed by atoms with Crippen LogP contribution in [0.5, 0.6) is 0 Å². The van der Waals surface area contributed by atoms with Gasteiger partial charge in [-0.05, 0) is 37.5 Å². The van der Waals surface area contributed by atoms with Crippen molar-refractivity contribution in [3.8, 4) is 0 Å². The van der Waals surface area contributed by atoms with E-state index in [1.165, 1.54) is 0 Å². The fourth-order valence-electron chi connectivity index (χ4n) is 3.84. The Morgan fingerprint density at radius 3 is 2.48 bits per heavy atom. The van der Waals surface area contributed by atoms with Crippen LogP contribution in [0, 0.1) is 5.41 Å². The third-order valence-corrected chi connectivity index (χ3v) is 5.15. The number of esters is 1. The van der Waals surface area contributed by atoms with E-state index in [1.54, 1.807) is 6.92 Å². The summed E-state index contributed by atoms with van der Waals surface area (Å²) in [5.74, 6) is -0.799. The number of carbonyl (C=O) groups is 2. The summed E-state index contributed by atoms with van der Waals surface area (Å²) < 4.78 is 5.03. The smallest absolute Gasteiger partial charge is 0.343 e. The second-order valence-electron chi connectivity index (χ2n) is 7.10. The maximum absolute atomic E-state index is 12.8. The van der Waals surface area contributed by atoms with E-state index in [0.29, 0.717) is 17.8 Å². The van der Waals surface area contributed by atoms with E-state index in [9.17, 15) is 14.4 Å². The molecule has 0 saturated heterocycles. The molecule has 0 bridgehead atoms. The fraction of sp³-hybridized carbons (Fsp3) is 0.611. The number of hydrogen-bond acceptors (Lipinski definition) is 4. The molecular weight excluding hydrogens is 294 g/mol. The molecule has 1 saturated carbocycles. The van der Waals surface area contributed by atoms with Gasteiger partial charge in [0.2, 0.25) is 5.43 Å². The minimum atomic E-state index is -0.642. The molecule has 23 heavy (non-hydrogen) atoms. The van der Waals surface area contributed by atoms with Crippen LogP contribution < -0.4 is 5.43 Å². The van der Waals surface area contributed by atoms with Crippen LogP contribution in [-0.2, 0) is 11.2 Å². The maximum atomic E-state index is 12.8. The van der Waals surface area contributed by atoms with Crippen LogP contribution >= 0.6 is 0 Å². The quantitative estimate of drug-likeness (QED) is 0.870. The van der Waals surface area contributed by atoms with Gasteiger partial charge in [0.05, 0.1) is 12.2 Å². The van der Waals surface area contributed by atoms with Crippen molar-refractivity contribution in [3.05, 3.63) is 32.7 Å². The molecule has 1 fully saturated rings. The molecule has 0 unspecified atom stereocenters. The molecule has 124 valence electrons. The summed E-state index contributed by atoms with van der Waals surface area (Å²) in [4.78, 5) is 40.9. The number of carbonyl (C=O) groups excluding carboxylic acids is 2. The predicted molar refractivity (Wildman–Crippen MR) is 86.0 cm³/mol. The van der Waals surface area contributed by atoms with Crippen LogP contribution in [0.25, 0.3) is 0 Å². The van der Waals surface area contributed by atoms with Gasteiger partial charge in [0.25, 0.3) is 0 Å². The van der Waals surface area contributed by atoms with Crippen molar-refractivity contribution in [1.29, 1.82) is 0 Å². The molecule has 2 aliphatic carbocycles. The lowest BCUT2D eigenvalue weighted by atomic mass is 9.60. The molecule has 1 spiro atoms. The number of rotatable bonds is 3. The number of nitrogens with one attached hydrogen (secondary N) is 1. The predicted octanol–water partition coefficient (Wildman–Crippen LogP) is 2.97. The second kappa shape index (κ2) is 5.62. The van der Waals surface area contributed by atoms with Gasteiger partial charge in [-0.3, -0.25) is 9.59 Å². The Kier molecular flexibility index (Phi) is 3.90. The van der Waals surface area contributed by atoms with Gasteiger partial charge in [0.15, 0.2) is 5.78 Å². The molecule has 1 heterocycles. The van der Waals surface area contributed by atoms with Crippen LogP contribution in [-0.4, -0.2) is 23.3 Å². The molecule has 0 aromatic carbocycles. The Morgan fingerprint density at radius 2 is 1.96 bits per heavy atom. The van der Waals surface area contributed by atoms with E-state index in [1.807, 2.05) is 13.8 Å². The summed E-state index contributed by atoms with van der Waals surface area (Å²) in [6, 6.07) is 0. The van der Waals surface area contributed by atoms with Gasteiger partial charge in [0.1, 0.15) is 5.56 Å². The Labute approximate surface area is 135 Å². The Hall–Kier alpha value is -1.91. The van der Waals surface area contributed by atoms with Crippen LogP contribution in [0.3, 0.4) is 0 Å². The lowest BCUT2D eigenvalue weighted by Gasteiger charge is -2.44. The van der Waals surface area contributed by atoms with Crippen LogP contribution in [0.4, 0.5) is 0 Å². The maximum Gasteiger partial charge on any atom is 0.343 e. The van der Waals surface area contributed by atoms with Crippen molar-refractivity contribution in [2.75, 3.05) is 6.61 Å². The Bertz CT molecular complexity index is 725. The molecule has 5 nitrogen and oxygen atoms in total. The van der Waals surface area contributed by atoms with E-state index >= 15 is 0 Å². The molecule has 1 aromatic rings. The number of pyridine rings is 1. The minimum absolute atomic E-state index is 0.00138. The fourth-order valence-corrected chi connectivity index (χ4v) is 3.84. The number of aromatic nitrogens is 1. The van der Waals surface area contributed by atoms with Crippen molar-refractivity contribution in [2.24, 2.45) is 5.41 Å². The molecule has 0 atom stereocenters. The number of ether oxygens (including phenoxy) is 1. The standard InChI is InChI=1S/C18H23NO4/c1-4-23-17(22)14-15(10(2)3)19-11-8-18(6-5-7-18)9-12(20)13(11)16(14)21/h10H,4-9H2,1-3H3,(H,19,21). The first-order chi connectivity index (χ1) is 10.9. The monoisotopic (exact) mass is 317 g/mol. The zero-order valence-electron chi connectivity index (χ0n) is 14.0. The van der Waals surface area contributed by atoms with E-state index in [4.69, 9.17) is 4.74 Å². The summed E-state index contributed by atoms with van der Waals surface area (Å²) in [5, 5.41) is 0. The van der Waals surface area contributed by atoms with Crippen LogP contribution in [0.1, 0.15) is 84.5 Å². The summed E-state index contributed by atoms with van der Waals surface area (Å²) >= 11 is 0. The third kappa shape index (κ3) is 2.52. The molecule has 0 amide bonds. The summed E-state index contributed by atoms with van der Waals surface area (Å²) in [6.07, 6.45) is 4.37.